The van der Waals surface area contributed by atoms with Crippen molar-refractivity contribution in [3.05, 3.63) is 76.2 Å². The maximum absolute atomic E-state index is 13.9. The fourth-order valence-corrected chi connectivity index (χ4v) is 4.83. The number of hydrogen-bond acceptors (Lipinski definition) is 3. The number of hydrogen-bond donors (Lipinski definition) is 1. The highest BCUT2D eigenvalue weighted by atomic mass is 19.3. The Bertz CT molecular complexity index is 1350. The van der Waals surface area contributed by atoms with Gasteiger partial charge in [0.05, 0.1) is 24.1 Å². The van der Waals surface area contributed by atoms with Gasteiger partial charge in [-0.05, 0) is 48.9 Å². The third kappa shape index (κ3) is 3.81. The molecule has 0 unspecified atom stereocenters. The molecule has 7 heteroatoms. The Labute approximate surface area is 190 Å². The summed E-state index contributed by atoms with van der Waals surface area (Å²) in [7, 11) is 1.59. The molecule has 1 fully saturated rings. The van der Waals surface area contributed by atoms with Crippen molar-refractivity contribution in [2.45, 2.75) is 44.4 Å². The number of nitrogens with one attached hydrogen (secondary N) is 1. The van der Waals surface area contributed by atoms with E-state index in [1.54, 1.807) is 19.2 Å². The molecule has 0 saturated heterocycles. The van der Waals surface area contributed by atoms with Crippen LogP contribution in [-0.2, 0) is 0 Å². The highest BCUT2D eigenvalue weighted by Crippen LogP contribution is 2.44. The maximum atomic E-state index is 13.9. The lowest BCUT2D eigenvalue weighted by Crippen LogP contribution is -2.24. The molecule has 0 spiro atoms. The molecular formula is C26H25F2N3O2. The minimum atomic E-state index is -2.63. The average Bonchev–Trinajstić information content (AvgIpc) is 3.20. The minimum Gasteiger partial charge on any atom is -0.497 e. The van der Waals surface area contributed by atoms with E-state index in [2.05, 4.69) is 5.10 Å². The Balaban J connectivity index is 1.72. The summed E-state index contributed by atoms with van der Waals surface area (Å²) in [5.41, 5.74) is 4.66. The van der Waals surface area contributed by atoms with Crippen molar-refractivity contribution in [1.82, 2.24) is 14.6 Å². The van der Waals surface area contributed by atoms with Gasteiger partial charge in [0.1, 0.15) is 5.75 Å². The third-order valence-electron chi connectivity index (χ3n) is 6.56. The fourth-order valence-electron chi connectivity index (χ4n) is 4.83. The van der Waals surface area contributed by atoms with Crippen molar-refractivity contribution in [1.29, 1.82) is 0 Å². The van der Waals surface area contributed by atoms with Crippen molar-refractivity contribution in [2.75, 3.05) is 7.11 Å². The lowest BCUT2D eigenvalue weighted by Gasteiger charge is -2.28. The Kier molecular flexibility index (Phi) is 5.27. The first-order valence-electron chi connectivity index (χ1n) is 11.1. The van der Waals surface area contributed by atoms with Gasteiger partial charge in [-0.2, -0.15) is 0 Å². The molecule has 0 aliphatic heterocycles. The summed E-state index contributed by atoms with van der Waals surface area (Å²) >= 11 is 0. The van der Waals surface area contributed by atoms with E-state index >= 15 is 0 Å². The molecule has 0 amide bonds. The minimum absolute atomic E-state index is 0.0979. The fraction of sp³-hybridized carbons (Fsp3) is 0.308. The van der Waals surface area contributed by atoms with Crippen LogP contribution in [-0.4, -0.2) is 27.6 Å². The van der Waals surface area contributed by atoms with Gasteiger partial charge in [-0.3, -0.25) is 9.89 Å². The van der Waals surface area contributed by atoms with Gasteiger partial charge in [-0.15, -0.1) is 0 Å². The van der Waals surface area contributed by atoms with Gasteiger partial charge in [0, 0.05) is 18.4 Å². The van der Waals surface area contributed by atoms with Crippen LogP contribution in [0.3, 0.4) is 0 Å². The Morgan fingerprint density at radius 2 is 1.70 bits per heavy atom. The second kappa shape index (κ2) is 8.14. The van der Waals surface area contributed by atoms with Crippen LogP contribution >= 0.6 is 0 Å². The summed E-state index contributed by atoms with van der Waals surface area (Å²) in [5.74, 6) is -2.02. The van der Waals surface area contributed by atoms with Gasteiger partial charge < -0.3 is 4.74 Å². The second-order valence-electron chi connectivity index (χ2n) is 8.66. The SMILES string of the molecule is COc1ccc(-c2c(C)nc3c(C4CCC(F)(F)CC4)c(-c4ccccc4)[nH]n3c2=O)cc1. The number of rotatable bonds is 4. The first-order chi connectivity index (χ1) is 15.9. The summed E-state index contributed by atoms with van der Waals surface area (Å²) in [4.78, 5) is 18.5. The number of halogens is 2. The number of fused-ring (bicyclic) bond motifs is 1. The standard InChI is InChI=1S/C26H25F2N3O2/c1-16-21(17-8-10-20(33-2)11-9-17)25(32)31-24(29-16)22(18-12-14-26(27,28)15-13-18)23(30-31)19-6-4-3-5-7-19/h3-11,18,30H,12-15H2,1-2H3. The van der Waals surface area contributed by atoms with Crippen molar-refractivity contribution in [2.24, 2.45) is 0 Å². The van der Waals surface area contributed by atoms with E-state index in [1.165, 1.54) is 4.52 Å². The number of nitrogens with zero attached hydrogens (tertiary/aromatic N) is 2. The van der Waals surface area contributed by atoms with E-state index < -0.39 is 5.92 Å². The molecule has 5 rings (SSSR count). The van der Waals surface area contributed by atoms with Crippen molar-refractivity contribution in [3.63, 3.8) is 0 Å². The molecule has 1 aliphatic rings. The Morgan fingerprint density at radius 1 is 1.03 bits per heavy atom. The van der Waals surface area contributed by atoms with Gasteiger partial charge in [0.25, 0.3) is 5.56 Å². The van der Waals surface area contributed by atoms with Crippen LogP contribution in [0.2, 0.25) is 0 Å². The number of aromatic amines is 1. The number of ether oxygens (including phenoxy) is 1. The largest absolute Gasteiger partial charge is 0.497 e. The van der Waals surface area contributed by atoms with Crippen molar-refractivity contribution in [3.8, 4) is 28.1 Å². The van der Waals surface area contributed by atoms with Crippen LogP contribution in [0.1, 0.15) is 42.9 Å². The molecule has 0 atom stereocenters. The van der Waals surface area contributed by atoms with E-state index in [0.717, 1.165) is 22.4 Å². The van der Waals surface area contributed by atoms with Gasteiger partial charge in [-0.25, -0.2) is 18.3 Å². The molecule has 5 nitrogen and oxygen atoms in total. The van der Waals surface area contributed by atoms with E-state index in [-0.39, 0.29) is 24.3 Å². The van der Waals surface area contributed by atoms with Crippen molar-refractivity contribution < 1.29 is 13.5 Å². The monoisotopic (exact) mass is 449 g/mol. The zero-order valence-corrected chi connectivity index (χ0v) is 18.6. The van der Waals surface area contributed by atoms with Crippen molar-refractivity contribution >= 4 is 5.65 Å². The topological polar surface area (TPSA) is 59.4 Å². The van der Waals surface area contributed by atoms with E-state index in [0.29, 0.717) is 35.5 Å². The Hall–Kier alpha value is -3.48. The molecule has 33 heavy (non-hydrogen) atoms. The number of alkyl halides is 2. The van der Waals surface area contributed by atoms with Gasteiger partial charge in [0.2, 0.25) is 5.92 Å². The van der Waals surface area contributed by atoms with Gasteiger partial charge >= 0.3 is 0 Å². The molecule has 170 valence electrons. The molecule has 2 aromatic carbocycles. The summed E-state index contributed by atoms with van der Waals surface area (Å²) in [6.07, 6.45) is 0.401. The zero-order chi connectivity index (χ0) is 23.2. The molecule has 0 bridgehead atoms. The molecule has 1 aliphatic carbocycles. The average molecular weight is 450 g/mol. The smallest absolute Gasteiger partial charge is 0.280 e. The predicted octanol–water partition coefficient (Wildman–Crippen LogP) is 5.97. The first kappa shape index (κ1) is 21.4. The van der Waals surface area contributed by atoms with Crippen LogP contribution in [0.5, 0.6) is 5.75 Å². The molecule has 1 N–H and O–H groups in total. The predicted molar refractivity (Wildman–Crippen MR) is 124 cm³/mol. The summed E-state index contributed by atoms with van der Waals surface area (Å²) in [6.45, 7) is 1.81. The number of H-pyrrole nitrogens is 1. The van der Waals surface area contributed by atoms with E-state index in [1.807, 2.05) is 49.4 Å². The number of aromatic nitrogens is 3. The molecule has 1 saturated carbocycles. The number of aryl methyl sites for hydroxylation is 1. The zero-order valence-electron chi connectivity index (χ0n) is 18.6. The Morgan fingerprint density at radius 3 is 2.33 bits per heavy atom. The molecule has 2 heterocycles. The van der Waals surface area contributed by atoms with Crippen LogP contribution < -0.4 is 10.3 Å². The molecular weight excluding hydrogens is 424 g/mol. The number of methoxy groups -OCH3 is 1. The summed E-state index contributed by atoms with van der Waals surface area (Å²) < 4.78 is 34.5. The first-order valence-corrected chi connectivity index (χ1v) is 11.1. The highest BCUT2D eigenvalue weighted by molar-refractivity contribution is 5.74. The van der Waals surface area contributed by atoms with E-state index in [4.69, 9.17) is 9.72 Å². The summed E-state index contributed by atoms with van der Waals surface area (Å²) in [6, 6.07) is 16.9. The van der Waals surface area contributed by atoms with Crippen LogP contribution in [0.15, 0.2) is 59.4 Å². The quantitative estimate of drug-likeness (QED) is 0.418. The molecule has 4 aromatic rings. The third-order valence-corrected chi connectivity index (χ3v) is 6.56. The normalized spacial score (nSPS) is 16.2. The molecule has 2 aromatic heterocycles. The van der Waals surface area contributed by atoms with Crippen LogP contribution in [0.4, 0.5) is 8.78 Å². The van der Waals surface area contributed by atoms with E-state index in [9.17, 15) is 13.6 Å². The van der Waals surface area contributed by atoms with Crippen LogP contribution in [0, 0.1) is 6.92 Å². The van der Waals surface area contributed by atoms with Crippen LogP contribution in [0.25, 0.3) is 28.0 Å². The maximum Gasteiger partial charge on any atom is 0.280 e. The second-order valence-corrected chi connectivity index (χ2v) is 8.66. The van der Waals surface area contributed by atoms with Gasteiger partial charge in [0.15, 0.2) is 5.65 Å². The highest BCUT2D eigenvalue weighted by Gasteiger charge is 2.37. The molecule has 0 radical (unpaired) electrons. The lowest BCUT2D eigenvalue weighted by atomic mass is 9.81. The summed E-state index contributed by atoms with van der Waals surface area (Å²) in [5, 5.41) is 3.26. The number of benzene rings is 2. The lowest BCUT2D eigenvalue weighted by molar-refractivity contribution is -0.0381. The van der Waals surface area contributed by atoms with Gasteiger partial charge in [-0.1, -0.05) is 42.5 Å².